The van der Waals surface area contributed by atoms with Gasteiger partial charge in [-0.1, -0.05) is 20.3 Å². The third-order valence-electron chi connectivity index (χ3n) is 3.27. The van der Waals surface area contributed by atoms with Crippen LogP contribution in [0.4, 0.5) is 13.2 Å². The number of hydrogen-bond donors (Lipinski definition) is 2. The van der Waals surface area contributed by atoms with Crippen molar-refractivity contribution in [1.29, 1.82) is 0 Å². The van der Waals surface area contributed by atoms with Gasteiger partial charge in [0.2, 0.25) is 11.8 Å². The van der Waals surface area contributed by atoms with Crippen molar-refractivity contribution in [3.05, 3.63) is 23.9 Å². The second kappa shape index (κ2) is 9.57. The van der Waals surface area contributed by atoms with E-state index in [1.807, 2.05) is 13.8 Å². The van der Waals surface area contributed by atoms with Crippen LogP contribution >= 0.6 is 12.4 Å². The van der Waals surface area contributed by atoms with Crippen LogP contribution in [0.1, 0.15) is 25.8 Å². The van der Waals surface area contributed by atoms with Crippen LogP contribution in [0, 0.1) is 5.92 Å². The Labute approximate surface area is 139 Å². The van der Waals surface area contributed by atoms with Crippen LogP contribution in [0.25, 0.3) is 0 Å². The molecule has 1 aromatic rings. The normalized spacial score (nSPS) is 13.7. The average molecular weight is 356 g/mol. The molecular formula is C14H21ClF3N3O2. The number of hydrogen-bond acceptors (Lipinski definition) is 4. The Hall–Kier alpha value is -1.54. The summed E-state index contributed by atoms with van der Waals surface area (Å²) in [6, 6.07) is 1.43. The Balaban J connectivity index is 0.00000484. The van der Waals surface area contributed by atoms with Gasteiger partial charge in [0.25, 0.3) is 0 Å². The van der Waals surface area contributed by atoms with Crippen LogP contribution in [0.15, 0.2) is 18.3 Å². The first-order valence-electron chi connectivity index (χ1n) is 6.95. The highest BCUT2D eigenvalue weighted by Crippen LogP contribution is 2.29. The quantitative estimate of drug-likeness (QED) is 0.736. The second-order valence-corrected chi connectivity index (χ2v) is 4.93. The summed E-state index contributed by atoms with van der Waals surface area (Å²) in [5.74, 6) is -0.149. The first-order valence-corrected chi connectivity index (χ1v) is 6.95. The fourth-order valence-corrected chi connectivity index (χ4v) is 1.59. The SMILES string of the molecule is CCC(C)C(N)C(=O)NCCOc1ccc(C(F)(F)F)cn1.Cl. The molecule has 0 saturated carbocycles. The lowest BCUT2D eigenvalue weighted by molar-refractivity contribution is -0.137. The number of amides is 1. The molecule has 0 spiro atoms. The van der Waals surface area contributed by atoms with Crippen molar-refractivity contribution >= 4 is 18.3 Å². The Kier molecular flexibility index (Phi) is 8.93. The zero-order chi connectivity index (χ0) is 16.8. The van der Waals surface area contributed by atoms with Crippen LogP contribution in [-0.2, 0) is 11.0 Å². The molecule has 0 fully saturated rings. The molecule has 1 aromatic heterocycles. The number of alkyl halides is 3. The van der Waals surface area contributed by atoms with E-state index in [1.165, 1.54) is 0 Å². The van der Waals surface area contributed by atoms with Crippen molar-refractivity contribution in [1.82, 2.24) is 10.3 Å². The molecule has 1 rings (SSSR count). The van der Waals surface area contributed by atoms with Crippen molar-refractivity contribution in [2.45, 2.75) is 32.5 Å². The van der Waals surface area contributed by atoms with E-state index < -0.39 is 17.8 Å². The maximum absolute atomic E-state index is 12.3. The fourth-order valence-electron chi connectivity index (χ4n) is 1.59. The van der Waals surface area contributed by atoms with Gasteiger partial charge in [0.1, 0.15) is 6.61 Å². The lowest BCUT2D eigenvalue weighted by Crippen LogP contribution is -2.45. The van der Waals surface area contributed by atoms with Crippen molar-refractivity contribution in [3.63, 3.8) is 0 Å². The molecule has 0 aliphatic rings. The van der Waals surface area contributed by atoms with E-state index in [-0.39, 0.29) is 43.3 Å². The minimum Gasteiger partial charge on any atom is -0.476 e. The van der Waals surface area contributed by atoms with Gasteiger partial charge in [-0.25, -0.2) is 4.98 Å². The van der Waals surface area contributed by atoms with Gasteiger partial charge in [-0.15, -0.1) is 12.4 Å². The molecule has 3 N–H and O–H groups in total. The minimum absolute atomic E-state index is 0. The number of nitrogens with zero attached hydrogens (tertiary/aromatic N) is 1. The predicted molar refractivity (Wildman–Crippen MR) is 82.4 cm³/mol. The summed E-state index contributed by atoms with van der Waals surface area (Å²) in [5.41, 5.74) is 4.91. The molecule has 5 nitrogen and oxygen atoms in total. The number of halogens is 4. The summed E-state index contributed by atoms with van der Waals surface area (Å²) in [6.07, 6.45) is -2.93. The van der Waals surface area contributed by atoms with E-state index >= 15 is 0 Å². The van der Waals surface area contributed by atoms with Crippen LogP contribution in [-0.4, -0.2) is 30.1 Å². The monoisotopic (exact) mass is 355 g/mol. The summed E-state index contributed by atoms with van der Waals surface area (Å²) >= 11 is 0. The highest BCUT2D eigenvalue weighted by Gasteiger charge is 2.30. The number of carbonyl (C=O) groups excluding carboxylic acids is 1. The molecular weight excluding hydrogens is 335 g/mol. The number of ether oxygens (including phenoxy) is 1. The Morgan fingerprint density at radius 3 is 2.57 bits per heavy atom. The molecule has 0 saturated heterocycles. The van der Waals surface area contributed by atoms with E-state index in [0.717, 1.165) is 18.6 Å². The first kappa shape index (κ1) is 21.5. The molecule has 0 aliphatic carbocycles. The van der Waals surface area contributed by atoms with Crippen molar-refractivity contribution < 1.29 is 22.7 Å². The van der Waals surface area contributed by atoms with Crippen molar-refractivity contribution in [2.75, 3.05) is 13.2 Å². The van der Waals surface area contributed by atoms with E-state index in [4.69, 9.17) is 10.5 Å². The molecule has 0 aromatic carbocycles. The van der Waals surface area contributed by atoms with Crippen molar-refractivity contribution in [2.24, 2.45) is 11.7 Å². The van der Waals surface area contributed by atoms with E-state index in [9.17, 15) is 18.0 Å². The third kappa shape index (κ3) is 7.04. The van der Waals surface area contributed by atoms with Gasteiger partial charge in [-0.3, -0.25) is 4.79 Å². The third-order valence-corrected chi connectivity index (χ3v) is 3.27. The first-order chi connectivity index (χ1) is 10.3. The largest absolute Gasteiger partial charge is 0.476 e. The highest BCUT2D eigenvalue weighted by atomic mass is 35.5. The number of pyridine rings is 1. The standard InChI is InChI=1S/C14H20F3N3O2.ClH/c1-3-9(2)12(18)13(21)19-6-7-22-11-5-4-10(8-20-11)14(15,16)17;/h4-5,8-9,12H,3,6-7,18H2,1-2H3,(H,19,21);1H. The number of carbonyl (C=O) groups is 1. The lowest BCUT2D eigenvalue weighted by atomic mass is 9.99. The molecule has 23 heavy (non-hydrogen) atoms. The number of nitrogens with two attached hydrogens (primary N) is 1. The number of rotatable bonds is 7. The highest BCUT2D eigenvalue weighted by molar-refractivity contribution is 5.85. The van der Waals surface area contributed by atoms with Gasteiger partial charge in [-0.2, -0.15) is 13.2 Å². The molecule has 0 bridgehead atoms. The zero-order valence-corrected chi connectivity index (χ0v) is 13.7. The lowest BCUT2D eigenvalue weighted by Gasteiger charge is -2.17. The van der Waals surface area contributed by atoms with E-state index in [1.54, 1.807) is 0 Å². The fraction of sp³-hybridized carbons (Fsp3) is 0.571. The van der Waals surface area contributed by atoms with Gasteiger partial charge >= 0.3 is 6.18 Å². The van der Waals surface area contributed by atoms with Crippen LogP contribution in [0.2, 0.25) is 0 Å². The van der Waals surface area contributed by atoms with Gasteiger partial charge in [0.05, 0.1) is 18.2 Å². The Bertz CT molecular complexity index is 483. The summed E-state index contributed by atoms with van der Waals surface area (Å²) in [4.78, 5) is 15.2. The van der Waals surface area contributed by atoms with Gasteiger partial charge in [0.15, 0.2) is 0 Å². The van der Waals surface area contributed by atoms with E-state index in [2.05, 4.69) is 10.3 Å². The van der Waals surface area contributed by atoms with Gasteiger partial charge < -0.3 is 15.8 Å². The average Bonchev–Trinajstić information content (AvgIpc) is 2.49. The summed E-state index contributed by atoms with van der Waals surface area (Å²) in [5, 5.41) is 2.61. The van der Waals surface area contributed by atoms with Crippen LogP contribution < -0.4 is 15.8 Å². The van der Waals surface area contributed by atoms with Crippen molar-refractivity contribution in [3.8, 4) is 5.88 Å². The maximum atomic E-state index is 12.3. The summed E-state index contributed by atoms with van der Waals surface area (Å²) in [6.45, 7) is 4.12. The second-order valence-electron chi connectivity index (χ2n) is 4.93. The number of nitrogens with one attached hydrogen (secondary N) is 1. The molecule has 9 heteroatoms. The summed E-state index contributed by atoms with van der Waals surface area (Å²) in [7, 11) is 0. The smallest absolute Gasteiger partial charge is 0.417 e. The molecule has 1 amide bonds. The minimum atomic E-state index is -4.42. The van der Waals surface area contributed by atoms with Gasteiger partial charge in [0, 0.05) is 12.3 Å². The Morgan fingerprint density at radius 1 is 1.43 bits per heavy atom. The summed E-state index contributed by atoms with van der Waals surface area (Å²) < 4.78 is 42.2. The van der Waals surface area contributed by atoms with Crippen LogP contribution in [0.5, 0.6) is 5.88 Å². The molecule has 2 atom stereocenters. The van der Waals surface area contributed by atoms with Gasteiger partial charge in [-0.05, 0) is 12.0 Å². The van der Waals surface area contributed by atoms with E-state index in [0.29, 0.717) is 6.20 Å². The molecule has 0 aliphatic heterocycles. The Morgan fingerprint density at radius 2 is 2.09 bits per heavy atom. The molecule has 2 unspecified atom stereocenters. The molecule has 0 radical (unpaired) electrons. The maximum Gasteiger partial charge on any atom is 0.417 e. The predicted octanol–water partition coefficient (Wildman–Crippen LogP) is 2.39. The zero-order valence-electron chi connectivity index (χ0n) is 12.9. The molecule has 132 valence electrons. The molecule has 1 heterocycles. The topological polar surface area (TPSA) is 77.2 Å². The van der Waals surface area contributed by atoms with Crippen LogP contribution in [0.3, 0.4) is 0 Å². The number of aromatic nitrogens is 1.